The molecule has 0 saturated carbocycles. The van der Waals surface area contributed by atoms with Crippen molar-refractivity contribution in [3.8, 4) is 5.75 Å². The molecular formula is C15H20NO4-. The number of unbranched alkanes of at least 4 members (excludes halogenated alkanes) is 1. The lowest BCUT2D eigenvalue weighted by atomic mass is 10.2. The number of benzene rings is 1. The normalized spacial score (nSPS) is 10.1. The average Bonchev–Trinajstić information content (AvgIpc) is 2.44. The zero-order chi connectivity index (χ0) is 14.8. The molecule has 1 aromatic carbocycles. The molecule has 0 aliphatic heterocycles. The zero-order valence-corrected chi connectivity index (χ0v) is 11.7. The van der Waals surface area contributed by atoms with Gasteiger partial charge in [0.05, 0.1) is 12.2 Å². The molecule has 0 fully saturated rings. The first-order chi connectivity index (χ1) is 9.65. The minimum absolute atomic E-state index is 0.0606. The van der Waals surface area contributed by atoms with Crippen molar-refractivity contribution in [2.75, 3.05) is 13.2 Å². The predicted molar refractivity (Wildman–Crippen MR) is 73.4 cm³/mol. The third-order valence-electron chi connectivity index (χ3n) is 2.73. The molecule has 0 spiro atoms. The van der Waals surface area contributed by atoms with Crippen molar-refractivity contribution in [2.24, 2.45) is 0 Å². The largest absolute Gasteiger partial charge is 0.550 e. The number of carboxylic acid groups (broad SMARTS) is 1. The van der Waals surface area contributed by atoms with Crippen LogP contribution in [0, 0.1) is 0 Å². The molecule has 0 aromatic heterocycles. The highest BCUT2D eigenvalue weighted by molar-refractivity contribution is 5.96. The van der Waals surface area contributed by atoms with Crippen LogP contribution in [0.15, 0.2) is 24.3 Å². The van der Waals surface area contributed by atoms with Crippen LogP contribution in [0.5, 0.6) is 5.75 Å². The van der Waals surface area contributed by atoms with Gasteiger partial charge >= 0.3 is 0 Å². The van der Waals surface area contributed by atoms with E-state index in [-0.39, 0.29) is 12.3 Å². The van der Waals surface area contributed by atoms with Gasteiger partial charge in [0.25, 0.3) is 5.91 Å². The first kappa shape index (κ1) is 16.0. The molecule has 0 aliphatic carbocycles. The summed E-state index contributed by atoms with van der Waals surface area (Å²) < 4.78 is 5.58. The van der Waals surface area contributed by atoms with Crippen molar-refractivity contribution in [3.05, 3.63) is 29.8 Å². The summed E-state index contributed by atoms with van der Waals surface area (Å²) >= 11 is 0. The summed E-state index contributed by atoms with van der Waals surface area (Å²) in [5.41, 5.74) is 0.469. The summed E-state index contributed by atoms with van der Waals surface area (Å²) in [6, 6.07) is 7.03. The van der Waals surface area contributed by atoms with E-state index in [1.165, 1.54) is 0 Å². The Kier molecular flexibility index (Phi) is 7.17. The van der Waals surface area contributed by atoms with Gasteiger partial charge in [-0.1, -0.05) is 25.5 Å². The summed E-state index contributed by atoms with van der Waals surface area (Å²) in [7, 11) is 0. The molecule has 0 saturated heterocycles. The maximum atomic E-state index is 12.0. The maximum absolute atomic E-state index is 12.0. The van der Waals surface area contributed by atoms with Crippen LogP contribution in [-0.2, 0) is 4.79 Å². The molecule has 1 N–H and O–H groups in total. The molecule has 1 rings (SSSR count). The molecule has 0 bridgehead atoms. The highest BCUT2D eigenvalue weighted by Crippen LogP contribution is 2.18. The van der Waals surface area contributed by atoms with Crippen molar-refractivity contribution >= 4 is 11.9 Å². The van der Waals surface area contributed by atoms with Gasteiger partial charge in [-0.25, -0.2) is 0 Å². The van der Waals surface area contributed by atoms with Gasteiger partial charge in [-0.15, -0.1) is 0 Å². The van der Waals surface area contributed by atoms with Gasteiger partial charge in [0.15, 0.2) is 0 Å². The molecule has 0 radical (unpaired) electrons. The Morgan fingerprint density at radius 1 is 1.25 bits per heavy atom. The molecule has 0 unspecified atom stereocenters. The van der Waals surface area contributed by atoms with Crippen molar-refractivity contribution < 1.29 is 19.4 Å². The van der Waals surface area contributed by atoms with E-state index in [1.54, 1.807) is 18.2 Å². The van der Waals surface area contributed by atoms with Crippen LogP contribution < -0.4 is 15.2 Å². The van der Waals surface area contributed by atoms with Gasteiger partial charge < -0.3 is 20.0 Å². The Morgan fingerprint density at radius 2 is 2.00 bits per heavy atom. The molecule has 0 atom stereocenters. The smallest absolute Gasteiger partial charge is 0.255 e. The number of carbonyl (C=O) groups is 2. The lowest BCUT2D eigenvalue weighted by molar-refractivity contribution is -0.305. The third-order valence-corrected chi connectivity index (χ3v) is 2.73. The van der Waals surface area contributed by atoms with Crippen LogP contribution in [0.2, 0.25) is 0 Å². The number of carboxylic acids is 1. The Balaban J connectivity index is 2.51. The van der Waals surface area contributed by atoms with Gasteiger partial charge in [-0.3, -0.25) is 4.79 Å². The van der Waals surface area contributed by atoms with Gasteiger partial charge in [-0.05, 0) is 31.4 Å². The lowest BCUT2D eigenvalue weighted by Gasteiger charge is -2.11. The van der Waals surface area contributed by atoms with Crippen LogP contribution in [-0.4, -0.2) is 25.0 Å². The number of hydrogen-bond donors (Lipinski definition) is 1. The first-order valence-electron chi connectivity index (χ1n) is 6.85. The fourth-order valence-electron chi connectivity index (χ4n) is 1.64. The van der Waals surface area contributed by atoms with E-state index in [9.17, 15) is 14.7 Å². The van der Waals surface area contributed by atoms with E-state index in [1.807, 2.05) is 6.07 Å². The summed E-state index contributed by atoms with van der Waals surface area (Å²) in [6.45, 7) is 2.95. The highest BCUT2D eigenvalue weighted by Gasteiger charge is 2.11. The van der Waals surface area contributed by atoms with Gasteiger partial charge in [0, 0.05) is 12.5 Å². The number of para-hydroxylation sites is 1. The minimum Gasteiger partial charge on any atom is -0.550 e. The standard InChI is InChI=1S/C15H21NO4/c1-2-3-11-20-13-8-5-4-7-12(13)15(19)16-10-6-9-14(17)18/h4-5,7-8H,2-3,6,9-11H2,1H3,(H,16,19)(H,17,18)/p-1. The van der Waals surface area contributed by atoms with Crippen molar-refractivity contribution in [1.82, 2.24) is 5.32 Å². The Hall–Kier alpha value is -2.04. The molecule has 5 nitrogen and oxygen atoms in total. The molecule has 0 heterocycles. The fourth-order valence-corrected chi connectivity index (χ4v) is 1.64. The number of rotatable bonds is 9. The highest BCUT2D eigenvalue weighted by atomic mass is 16.5. The summed E-state index contributed by atoms with van der Waals surface area (Å²) in [6.07, 6.45) is 2.25. The number of amides is 1. The molecule has 20 heavy (non-hydrogen) atoms. The van der Waals surface area contributed by atoms with Gasteiger partial charge in [0.1, 0.15) is 5.75 Å². The molecule has 110 valence electrons. The van der Waals surface area contributed by atoms with E-state index in [0.717, 1.165) is 12.8 Å². The van der Waals surface area contributed by atoms with Crippen LogP contribution in [0.3, 0.4) is 0 Å². The Bertz CT molecular complexity index is 445. The third kappa shape index (κ3) is 5.73. The van der Waals surface area contributed by atoms with E-state index >= 15 is 0 Å². The lowest BCUT2D eigenvalue weighted by Crippen LogP contribution is -2.27. The molecule has 1 amide bonds. The summed E-state index contributed by atoms with van der Waals surface area (Å²) in [5.74, 6) is -0.809. The fraction of sp³-hybridized carbons (Fsp3) is 0.467. The Labute approximate surface area is 118 Å². The number of carbonyl (C=O) groups excluding carboxylic acids is 2. The number of hydrogen-bond acceptors (Lipinski definition) is 4. The van der Waals surface area contributed by atoms with Crippen molar-refractivity contribution in [3.63, 3.8) is 0 Å². The van der Waals surface area contributed by atoms with Crippen LogP contribution >= 0.6 is 0 Å². The quantitative estimate of drug-likeness (QED) is 0.687. The molecular weight excluding hydrogens is 258 g/mol. The second-order valence-electron chi connectivity index (χ2n) is 4.43. The number of aliphatic carboxylic acids is 1. The van der Waals surface area contributed by atoms with Gasteiger partial charge in [0.2, 0.25) is 0 Å². The monoisotopic (exact) mass is 278 g/mol. The van der Waals surface area contributed by atoms with E-state index in [0.29, 0.717) is 30.9 Å². The molecule has 5 heteroatoms. The zero-order valence-electron chi connectivity index (χ0n) is 11.7. The van der Waals surface area contributed by atoms with Crippen molar-refractivity contribution in [2.45, 2.75) is 32.6 Å². The maximum Gasteiger partial charge on any atom is 0.255 e. The van der Waals surface area contributed by atoms with E-state index in [4.69, 9.17) is 4.74 Å². The SMILES string of the molecule is CCCCOc1ccccc1C(=O)NCCCC(=O)[O-]. The van der Waals surface area contributed by atoms with Crippen LogP contribution in [0.1, 0.15) is 43.0 Å². The van der Waals surface area contributed by atoms with Crippen LogP contribution in [0.25, 0.3) is 0 Å². The second kappa shape index (κ2) is 8.96. The summed E-state index contributed by atoms with van der Waals surface area (Å²) in [5, 5.41) is 12.9. The average molecular weight is 278 g/mol. The molecule has 1 aromatic rings. The number of ether oxygens (including phenoxy) is 1. The Morgan fingerprint density at radius 3 is 2.70 bits per heavy atom. The van der Waals surface area contributed by atoms with E-state index in [2.05, 4.69) is 12.2 Å². The predicted octanol–water partition coefficient (Wildman–Crippen LogP) is 1.13. The van der Waals surface area contributed by atoms with Gasteiger partial charge in [-0.2, -0.15) is 0 Å². The summed E-state index contributed by atoms with van der Waals surface area (Å²) in [4.78, 5) is 22.3. The topological polar surface area (TPSA) is 78.5 Å². The van der Waals surface area contributed by atoms with E-state index < -0.39 is 5.97 Å². The van der Waals surface area contributed by atoms with Crippen molar-refractivity contribution in [1.29, 1.82) is 0 Å². The first-order valence-corrected chi connectivity index (χ1v) is 6.85. The second-order valence-corrected chi connectivity index (χ2v) is 4.43. The van der Waals surface area contributed by atoms with Crippen LogP contribution in [0.4, 0.5) is 0 Å². The number of nitrogens with one attached hydrogen (secondary N) is 1. The molecule has 0 aliphatic rings. The minimum atomic E-state index is -1.11.